The normalized spacial score (nSPS) is 10.2. The topological polar surface area (TPSA) is 46.5 Å². The number of carboxylic acids is 1. The van der Waals surface area contributed by atoms with Crippen molar-refractivity contribution in [2.75, 3.05) is 0 Å². The van der Waals surface area contributed by atoms with Crippen LogP contribution < -0.4 is 4.74 Å². The van der Waals surface area contributed by atoms with E-state index in [1.165, 1.54) is 18.2 Å². The van der Waals surface area contributed by atoms with E-state index in [0.29, 0.717) is 5.56 Å². The average Bonchev–Trinajstić information content (AvgIpc) is 2.37. The molecule has 0 aromatic heterocycles. The van der Waals surface area contributed by atoms with Crippen molar-refractivity contribution in [3.63, 3.8) is 0 Å². The van der Waals surface area contributed by atoms with E-state index in [1.54, 1.807) is 24.3 Å². The van der Waals surface area contributed by atoms with Crippen molar-refractivity contribution in [3.05, 3.63) is 63.0 Å². The Balaban J connectivity index is 2.17. The quantitative estimate of drug-likeness (QED) is 0.833. The molecule has 0 amide bonds. The molecule has 0 unspecified atom stereocenters. The SMILES string of the molecule is O=C(O)c1cc(I)ccc1OCc1cccc(F)c1. The molecule has 0 heterocycles. The molecule has 0 fully saturated rings. The van der Waals surface area contributed by atoms with E-state index < -0.39 is 5.97 Å². The first-order valence-electron chi connectivity index (χ1n) is 5.46. The van der Waals surface area contributed by atoms with Crippen molar-refractivity contribution in [1.82, 2.24) is 0 Å². The van der Waals surface area contributed by atoms with E-state index in [4.69, 9.17) is 9.84 Å². The number of benzene rings is 2. The minimum Gasteiger partial charge on any atom is -0.488 e. The monoisotopic (exact) mass is 372 g/mol. The third-order valence-electron chi connectivity index (χ3n) is 2.46. The molecule has 3 nitrogen and oxygen atoms in total. The van der Waals surface area contributed by atoms with Gasteiger partial charge in [0.25, 0.3) is 0 Å². The van der Waals surface area contributed by atoms with Crippen molar-refractivity contribution in [2.24, 2.45) is 0 Å². The van der Waals surface area contributed by atoms with Gasteiger partial charge in [0, 0.05) is 3.57 Å². The fraction of sp³-hybridized carbons (Fsp3) is 0.0714. The van der Waals surface area contributed by atoms with E-state index in [-0.39, 0.29) is 23.7 Å². The van der Waals surface area contributed by atoms with Crippen molar-refractivity contribution < 1.29 is 19.0 Å². The van der Waals surface area contributed by atoms with Gasteiger partial charge in [0.1, 0.15) is 23.7 Å². The highest BCUT2D eigenvalue weighted by atomic mass is 127. The summed E-state index contributed by atoms with van der Waals surface area (Å²) >= 11 is 2.03. The van der Waals surface area contributed by atoms with Gasteiger partial charge in [-0.25, -0.2) is 9.18 Å². The second-order valence-corrected chi connectivity index (χ2v) is 5.11. The molecule has 0 saturated carbocycles. The van der Waals surface area contributed by atoms with Crippen LogP contribution in [-0.4, -0.2) is 11.1 Å². The number of hydrogen-bond acceptors (Lipinski definition) is 2. The molecule has 0 aliphatic heterocycles. The third-order valence-corrected chi connectivity index (χ3v) is 3.13. The number of ether oxygens (including phenoxy) is 1. The van der Waals surface area contributed by atoms with Crippen molar-refractivity contribution in [1.29, 1.82) is 0 Å². The van der Waals surface area contributed by atoms with Gasteiger partial charge < -0.3 is 9.84 Å². The van der Waals surface area contributed by atoms with Crippen LogP contribution in [0.25, 0.3) is 0 Å². The molecule has 0 aliphatic carbocycles. The Hall–Kier alpha value is -1.63. The zero-order valence-corrected chi connectivity index (χ0v) is 11.9. The summed E-state index contributed by atoms with van der Waals surface area (Å²) in [5.41, 5.74) is 0.748. The van der Waals surface area contributed by atoms with Gasteiger partial charge in [0.15, 0.2) is 0 Å². The van der Waals surface area contributed by atoms with Gasteiger partial charge in [0.05, 0.1) is 0 Å². The Morgan fingerprint density at radius 2 is 2.05 bits per heavy atom. The summed E-state index contributed by atoms with van der Waals surface area (Å²) in [6.45, 7) is 0.124. The molecular weight excluding hydrogens is 362 g/mol. The number of hydrogen-bond donors (Lipinski definition) is 1. The minimum atomic E-state index is -1.05. The van der Waals surface area contributed by atoms with Gasteiger partial charge in [-0.2, -0.15) is 0 Å². The van der Waals surface area contributed by atoms with Crippen molar-refractivity contribution in [2.45, 2.75) is 6.61 Å². The van der Waals surface area contributed by atoms with E-state index >= 15 is 0 Å². The summed E-state index contributed by atoms with van der Waals surface area (Å²) in [7, 11) is 0. The molecule has 2 aromatic rings. The molecular formula is C14H10FIO3. The summed E-state index contributed by atoms with van der Waals surface area (Å²) in [6, 6.07) is 10.9. The zero-order chi connectivity index (χ0) is 13.8. The number of rotatable bonds is 4. The van der Waals surface area contributed by atoms with E-state index in [0.717, 1.165) is 3.57 Å². The molecule has 5 heteroatoms. The van der Waals surface area contributed by atoms with Crippen LogP contribution in [0.15, 0.2) is 42.5 Å². The molecule has 2 aromatic carbocycles. The lowest BCUT2D eigenvalue weighted by Crippen LogP contribution is -2.04. The van der Waals surface area contributed by atoms with E-state index in [2.05, 4.69) is 0 Å². The average molecular weight is 372 g/mol. The number of carbonyl (C=O) groups is 1. The molecule has 0 radical (unpaired) electrons. The maximum absolute atomic E-state index is 13.0. The number of halogens is 2. The second-order valence-electron chi connectivity index (χ2n) is 3.86. The fourth-order valence-electron chi connectivity index (χ4n) is 1.58. The van der Waals surface area contributed by atoms with Gasteiger partial charge in [-0.1, -0.05) is 12.1 Å². The van der Waals surface area contributed by atoms with Crippen molar-refractivity contribution in [3.8, 4) is 5.75 Å². The van der Waals surface area contributed by atoms with Crippen LogP contribution in [0.4, 0.5) is 4.39 Å². The standard InChI is InChI=1S/C14H10FIO3/c15-10-3-1-2-9(6-10)8-19-13-5-4-11(16)7-12(13)14(17)18/h1-7H,8H2,(H,17,18). The van der Waals surface area contributed by atoms with Crippen LogP contribution in [0.5, 0.6) is 5.75 Å². The van der Waals surface area contributed by atoms with Crippen LogP contribution in [0.1, 0.15) is 15.9 Å². The lowest BCUT2D eigenvalue weighted by molar-refractivity contribution is 0.0691. The van der Waals surface area contributed by atoms with Crippen LogP contribution >= 0.6 is 22.6 Å². The molecule has 19 heavy (non-hydrogen) atoms. The number of carboxylic acid groups (broad SMARTS) is 1. The Morgan fingerprint density at radius 3 is 2.74 bits per heavy atom. The first-order valence-corrected chi connectivity index (χ1v) is 6.54. The van der Waals surface area contributed by atoms with Crippen LogP contribution in [-0.2, 0) is 6.61 Å². The molecule has 0 atom stereocenters. The largest absolute Gasteiger partial charge is 0.488 e. The van der Waals surface area contributed by atoms with Gasteiger partial charge >= 0.3 is 5.97 Å². The predicted molar refractivity (Wildman–Crippen MR) is 76.9 cm³/mol. The number of aromatic carboxylic acids is 1. The van der Waals surface area contributed by atoms with Crippen LogP contribution in [0.3, 0.4) is 0 Å². The minimum absolute atomic E-state index is 0.100. The molecule has 98 valence electrons. The smallest absolute Gasteiger partial charge is 0.339 e. The predicted octanol–water partition coefficient (Wildman–Crippen LogP) is 3.71. The molecule has 1 N–H and O–H groups in total. The molecule has 2 rings (SSSR count). The third kappa shape index (κ3) is 3.66. The Bertz CT molecular complexity index is 613. The van der Waals surface area contributed by atoms with E-state index in [1.807, 2.05) is 22.6 Å². The Labute approximate surface area is 123 Å². The Morgan fingerprint density at radius 1 is 1.26 bits per heavy atom. The maximum atomic E-state index is 13.0. The summed E-state index contributed by atoms with van der Waals surface area (Å²) in [5, 5.41) is 9.09. The lowest BCUT2D eigenvalue weighted by atomic mass is 10.2. The molecule has 0 spiro atoms. The highest BCUT2D eigenvalue weighted by molar-refractivity contribution is 14.1. The summed E-state index contributed by atoms with van der Waals surface area (Å²) < 4.78 is 19.3. The van der Waals surface area contributed by atoms with Gasteiger partial charge in [-0.15, -0.1) is 0 Å². The van der Waals surface area contributed by atoms with E-state index in [9.17, 15) is 9.18 Å². The summed E-state index contributed by atoms with van der Waals surface area (Å²) in [6.07, 6.45) is 0. The van der Waals surface area contributed by atoms with Crippen LogP contribution in [0.2, 0.25) is 0 Å². The molecule has 0 saturated heterocycles. The summed E-state index contributed by atoms with van der Waals surface area (Å²) in [5.74, 6) is -1.12. The second kappa shape index (κ2) is 6.01. The fourth-order valence-corrected chi connectivity index (χ4v) is 2.07. The first kappa shape index (κ1) is 13.8. The Kier molecular flexibility index (Phi) is 4.36. The maximum Gasteiger partial charge on any atom is 0.339 e. The van der Waals surface area contributed by atoms with Gasteiger partial charge in [0.2, 0.25) is 0 Å². The highest BCUT2D eigenvalue weighted by Crippen LogP contribution is 2.22. The highest BCUT2D eigenvalue weighted by Gasteiger charge is 2.12. The van der Waals surface area contributed by atoms with Gasteiger partial charge in [-0.05, 0) is 58.5 Å². The first-order chi connectivity index (χ1) is 9.06. The van der Waals surface area contributed by atoms with Crippen molar-refractivity contribution >= 4 is 28.6 Å². The molecule has 0 aliphatic rings. The molecule has 0 bridgehead atoms. The summed E-state index contributed by atoms with van der Waals surface area (Å²) in [4.78, 5) is 11.1. The zero-order valence-electron chi connectivity index (χ0n) is 9.77. The lowest BCUT2D eigenvalue weighted by Gasteiger charge is -2.09. The van der Waals surface area contributed by atoms with Gasteiger partial charge in [-0.3, -0.25) is 0 Å². The van der Waals surface area contributed by atoms with Crippen LogP contribution in [0, 0.1) is 9.39 Å².